The molecule has 1 fully saturated rings. The lowest BCUT2D eigenvalue weighted by atomic mass is 10.1. The molecule has 0 bridgehead atoms. The molecule has 4 heterocycles. The van der Waals surface area contributed by atoms with Crippen molar-refractivity contribution in [3.05, 3.63) is 47.5 Å². The van der Waals surface area contributed by atoms with Crippen LogP contribution in [0.15, 0.2) is 30.5 Å². The van der Waals surface area contributed by atoms with E-state index in [0.29, 0.717) is 12.2 Å². The van der Waals surface area contributed by atoms with Crippen molar-refractivity contribution in [2.75, 3.05) is 32.8 Å². The molecule has 138 valence electrons. The van der Waals surface area contributed by atoms with E-state index in [1.165, 1.54) is 0 Å². The van der Waals surface area contributed by atoms with Crippen LogP contribution in [-0.2, 0) is 17.8 Å². The predicted octanol–water partition coefficient (Wildman–Crippen LogP) is 1.33. The monoisotopic (exact) mass is 355 g/mol. The average Bonchev–Trinajstić information content (AvgIpc) is 3.04. The average molecular weight is 355 g/mol. The van der Waals surface area contributed by atoms with E-state index in [9.17, 15) is 4.79 Å². The maximum atomic E-state index is 13.3. The highest BCUT2D eigenvalue weighted by molar-refractivity contribution is 5.92. The second kappa shape index (κ2) is 7.55. The van der Waals surface area contributed by atoms with Gasteiger partial charge < -0.3 is 9.64 Å². The number of carbonyl (C=O) groups is 1. The third kappa shape index (κ3) is 3.64. The van der Waals surface area contributed by atoms with Gasteiger partial charge >= 0.3 is 0 Å². The van der Waals surface area contributed by atoms with Gasteiger partial charge in [0.05, 0.1) is 25.5 Å². The lowest BCUT2D eigenvalue weighted by Gasteiger charge is -2.35. The van der Waals surface area contributed by atoms with Crippen LogP contribution in [-0.4, -0.2) is 69.4 Å². The normalized spacial score (nSPS) is 21.3. The number of morpholine rings is 1. The molecule has 7 heteroatoms. The molecule has 0 N–H and O–H groups in total. The summed E-state index contributed by atoms with van der Waals surface area (Å²) in [6.07, 6.45) is 2.70. The fourth-order valence-corrected chi connectivity index (χ4v) is 3.75. The fourth-order valence-electron chi connectivity index (χ4n) is 3.75. The van der Waals surface area contributed by atoms with Gasteiger partial charge in [0, 0.05) is 44.1 Å². The Hall–Kier alpha value is -2.25. The van der Waals surface area contributed by atoms with E-state index >= 15 is 0 Å². The van der Waals surface area contributed by atoms with E-state index in [2.05, 4.69) is 15.0 Å². The van der Waals surface area contributed by atoms with Crippen LogP contribution in [0.4, 0.5) is 0 Å². The van der Waals surface area contributed by atoms with Crippen LogP contribution in [0.5, 0.6) is 0 Å². The van der Waals surface area contributed by atoms with Crippen molar-refractivity contribution in [3.63, 3.8) is 0 Å². The van der Waals surface area contributed by atoms with Crippen molar-refractivity contribution in [2.24, 2.45) is 0 Å². The molecule has 0 aliphatic carbocycles. The molecule has 4 rings (SSSR count). The van der Waals surface area contributed by atoms with E-state index in [-0.39, 0.29) is 11.9 Å². The van der Waals surface area contributed by atoms with Crippen LogP contribution in [0, 0.1) is 6.92 Å². The summed E-state index contributed by atoms with van der Waals surface area (Å²) in [4.78, 5) is 22.1. The van der Waals surface area contributed by atoms with E-state index in [4.69, 9.17) is 4.74 Å². The minimum Gasteiger partial charge on any atom is -0.379 e. The fraction of sp³-hybridized carbons (Fsp3) is 0.526. The molecule has 0 aromatic carbocycles. The molecule has 0 spiro atoms. The van der Waals surface area contributed by atoms with E-state index in [1.807, 2.05) is 47.0 Å². The molecule has 2 aliphatic heterocycles. The Bertz CT molecular complexity index is 769. The zero-order valence-electron chi connectivity index (χ0n) is 15.2. The smallest absolute Gasteiger partial charge is 0.273 e. The number of aryl methyl sites for hydroxylation is 2. The summed E-state index contributed by atoms with van der Waals surface area (Å²) in [7, 11) is 0. The highest BCUT2D eigenvalue weighted by Crippen LogP contribution is 2.21. The summed E-state index contributed by atoms with van der Waals surface area (Å²) < 4.78 is 7.48. The number of rotatable bonds is 3. The largest absolute Gasteiger partial charge is 0.379 e. The van der Waals surface area contributed by atoms with E-state index < -0.39 is 0 Å². The zero-order valence-corrected chi connectivity index (χ0v) is 15.2. The Kier molecular flexibility index (Phi) is 4.99. The second-order valence-corrected chi connectivity index (χ2v) is 7.00. The van der Waals surface area contributed by atoms with Gasteiger partial charge in [-0.2, -0.15) is 5.10 Å². The number of fused-ring (bicyclic) bond motifs is 1. The first-order chi connectivity index (χ1) is 12.7. The van der Waals surface area contributed by atoms with Crippen molar-refractivity contribution in [1.82, 2.24) is 24.6 Å². The zero-order chi connectivity index (χ0) is 17.9. The van der Waals surface area contributed by atoms with E-state index in [0.717, 1.165) is 57.2 Å². The summed E-state index contributed by atoms with van der Waals surface area (Å²) in [5.41, 5.74) is 2.46. The number of ether oxygens (including phenoxy) is 1. The summed E-state index contributed by atoms with van der Waals surface area (Å²) in [5, 5.41) is 4.41. The summed E-state index contributed by atoms with van der Waals surface area (Å²) in [6.45, 7) is 7.57. The lowest BCUT2D eigenvalue weighted by molar-refractivity contribution is 0.0201. The highest BCUT2D eigenvalue weighted by atomic mass is 16.5. The minimum absolute atomic E-state index is 0.00149. The number of pyridine rings is 1. The first-order valence-electron chi connectivity index (χ1n) is 9.26. The minimum atomic E-state index is 0.00149. The number of carbonyl (C=O) groups excluding carboxylic acids is 1. The molecular weight excluding hydrogens is 330 g/mol. The Morgan fingerprint density at radius 1 is 1.23 bits per heavy atom. The molecule has 1 amide bonds. The number of aromatic nitrogens is 3. The lowest BCUT2D eigenvalue weighted by Crippen LogP contribution is -2.49. The SMILES string of the molecule is Cc1cccc(C(=O)N2Cc3ccnn3CC[C@@H]2CN2CCOCC2)n1. The van der Waals surface area contributed by atoms with Gasteiger partial charge in [0.15, 0.2) is 0 Å². The van der Waals surface area contributed by atoms with Crippen LogP contribution >= 0.6 is 0 Å². The number of nitrogens with zero attached hydrogens (tertiary/aromatic N) is 5. The van der Waals surface area contributed by atoms with Crippen LogP contribution in [0.2, 0.25) is 0 Å². The topological polar surface area (TPSA) is 63.5 Å². The second-order valence-electron chi connectivity index (χ2n) is 7.00. The predicted molar refractivity (Wildman–Crippen MR) is 96.7 cm³/mol. The maximum absolute atomic E-state index is 13.3. The third-order valence-electron chi connectivity index (χ3n) is 5.19. The molecular formula is C19H25N5O2. The van der Waals surface area contributed by atoms with Crippen LogP contribution in [0.1, 0.15) is 28.3 Å². The molecule has 1 atom stereocenters. The van der Waals surface area contributed by atoms with Crippen molar-refractivity contribution in [1.29, 1.82) is 0 Å². The van der Waals surface area contributed by atoms with Crippen molar-refractivity contribution >= 4 is 5.91 Å². The van der Waals surface area contributed by atoms with E-state index in [1.54, 1.807) is 0 Å². The Labute approximate surface area is 153 Å². The van der Waals surface area contributed by atoms with Gasteiger partial charge in [0.25, 0.3) is 5.91 Å². The highest BCUT2D eigenvalue weighted by Gasteiger charge is 2.31. The standard InChI is InChI=1S/C19H25N5O2/c1-15-3-2-4-18(21-15)19(25)23-14-17-5-7-20-24(17)8-6-16(23)13-22-9-11-26-12-10-22/h2-5,7,16H,6,8-14H2,1H3/t16-/m1/s1. The Balaban J connectivity index is 1.59. The molecule has 2 aromatic rings. The van der Waals surface area contributed by atoms with Gasteiger partial charge in [-0.05, 0) is 31.5 Å². The third-order valence-corrected chi connectivity index (χ3v) is 5.19. The number of hydrogen-bond acceptors (Lipinski definition) is 5. The van der Waals surface area contributed by atoms with Crippen LogP contribution < -0.4 is 0 Å². The molecule has 1 saturated heterocycles. The molecule has 26 heavy (non-hydrogen) atoms. The quantitative estimate of drug-likeness (QED) is 0.831. The Morgan fingerprint density at radius 2 is 2.08 bits per heavy atom. The van der Waals surface area contributed by atoms with Gasteiger partial charge in [-0.3, -0.25) is 14.4 Å². The van der Waals surface area contributed by atoms with Crippen LogP contribution in [0.25, 0.3) is 0 Å². The molecule has 7 nitrogen and oxygen atoms in total. The molecule has 2 aliphatic rings. The molecule has 0 radical (unpaired) electrons. The Morgan fingerprint density at radius 3 is 2.88 bits per heavy atom. The van der Waals surface area contributed by atoms with Gasteiger partial charge in [0.1, 0.15) is 5.69 Å². The molecule has 0 saturated carbocycles. The van der Waals surface area contributed by atoms with Gasteiger partial charge in [0.2, 0.25) is 0 Å². The maximum Gasteiger partial charge on any atom is 0.273 e. The van der Waals surface area contributed by atoms with Crippen molar-refractivity contribution in [2.45, 2.75) is 32.5 Å². The first kappa shape index (κ1) is 17.2. The van der Waals surface area contributed by atoms with Crippen molar-refractivity contribution < 1.29 is 9.53 Å². The summed E-state index contributed by atoms with van der Waals surface area (Å²) in [5.74, 6) is 0.00149. The summed E-state index contributed by atoms with van der Waals surface area (Å²) >= 11 is 0. The summed E-state index contributed by atoms with van der Waals surface area (Å²) in [6, 6.07) is 7.77. The number of amides is 1. The number of hydrogen-bond donors (Lipinski definition) is 0. The first-order valence-corrected chi connectivity index (χ1v) is 9.26. The molecule has 2 aromatic heterocycles. The molecule has 0 unspecified atom stereocenters. The van der Waals surface area contributed by atoms with Crippen molar-refractivity contribution in [3.8, 4) is 0 Å². The van der Waals surface area contributed by atoms with Crippen LogP contribution in [0.3, 0.4) is 0 Å². The van der Waals surface area contributed by atoms with Gasteiger partial charge in [-0.25, -0.2) is 4.98 Å². The van der Waals surface area contributed by atoms with Gasteiger partial charge in [-0.15, -0.1) is 0 Å². The van der Waals surface area contributed by atoms with Gasteiger partial charge in [-0.1, -0.05) is 6.07 Å².